The Morgan fingerprint density at radius 2 is 2.18 bits per heavy atom. The third-order valence-corrected chi connectivity index (χ3v) is 4.25. The number of Topliss-reactive ketones (excluding diaryl/α,β-unsaturated/α-hetero) is 1. The maximum atomic E-state index is 11.7. The van der Waals surface area contributed by atoms with Crippen LogP contribution in [-0.4, -0.2) is 16.9 Å². The van der Waals surface area contributed by atoms with Crippen LogP contribution >= 0.6 is 11.8 Å². The minimum absolute atomic E-state index is 0.0183. The van der Waals surface area contributed by atoms with Gasteiger partial charge in [-0.15, -0.1) is 11.8 Å². The van der Waals surface area contributed by atoms with Gasteiger partial charge in [-0.1, -0.05) is 19.9 Å². The van der Waals surface area contributed by atoms with Crippen molar-refractivity contribution in [1.82, 2.24) is 0 Å². The Balaban J connectivity index is 2.32. The van der Waals surface area contributed by atoms with Crippen molar-refractivity contribution in [2.24, 2.45) is 0 Å². The van der Waals surface area contributed by atoms with Crippen molar-refractivity contribution in [3.63, 3.8) is 0 Å². The van der Waals surface area contributed by atoms with Crippen LogP contribution in [0.25, 0.3) is 0 Å². The van der Waals surface area contributed by atoms with E-state index in [0.717, 1.165) is 17.0 Å². The molecule has 1 aromatic rings. The molecule has 1 aliphatic rings. The first kappa shape index (κ1) is 12.2. The molecule has 0 spiro atoms. The highest BCUT2D eigenvalue weighted by molar-refractivity contribution is 8.01. The monoisotopic (exact) mass is 249 g/mol. The van der Waals surface area contributed by atoms with Crippen molar-refractivity contribution in [2.45, 2.75) is 36.8 Å². The number of fused-ring (bicyclic) bond motifs is 1. The van der Waals surface area contributed by atoms with Crippen molar-refractivity contribution >= 4 is 29.1 Å². The molecule has 0 saturated carbocycles. The number of amides is 1. The first-order valence-corrected chi connectivity index (χ1v) is 6.68. The SMILES string of the molecule is CCC(=O)c1ccc2c(c1)NC(=O)C(CC)S2. The second-order valence-corrected chi connectivity index (χ2v) is 5.24. The molecular weight excluding hydrogens is 234 g/mol. The topological polar surface area (TPSA) is 46.2 Å². The molecule has 2 rings (SSSR count). The normalized spacial score (nSPS) is 18.5. The van der Waals surface area contributed by atoms with E-state index in [1.54, 1.807) is 17.8 Å². The first-order valence-electron chi connectivity index (χ1n) is 5.80. The van der Waals surface area contributed by atoms with Gasteiger partial charge in [-0.05, 0) is 18.6 Å². The standard InChI is InChI=1S/C13H15NO2S/c1-3-10(15)8-5-6-12-9(7-8)14-13(16)11(4-2)17-12/h5-7,11H,3-4H2,1-2H3,(H,14,16). The second-order valence-electron chi connectivity index (χ2n) is 3.99. The molecule has 1 N–H and O–H groups in total. The number of nitrogens with one attached hydrogen (secondary N) is 1. The number of carbonyl (C=O) groups is 2. The number of hydrogen-bond acceptors (Lipinski definition) is 3. The second kappa shape index (κ2) is 4.92. The van der Waals surface area contributed by atoms with Gasteiger partial charge in [0.1, 0.15) is 0 Å². The highest BCUT2D eigenvalue weighted by Crippen LogP contribution is 2.37. The maximum Gasteiger partial charge on any atom is 0.237 e. The van der Waals surface area contributed by atoms with Gasteiger partial charge in [0.15, 0.2) is 5.78 Å². The fourth-order valence-corrected chi connectivity index (χ4v) is 2.82. The van der Waals surface area contributed by atoms with Gasteiger partial charge in [-0.25, -0.2) is 0 Å². The quantitative estimate of drug-likeness (QED) is 0.837. The minimum Gasteiger partial charge on any atom is -0.324 e. The van der Waals surface area contributed by atoms with Crippen molar-refractivity contribution in [2.75, 3.05) is 5.32 Å². The first-order chi connectivity index (χ1) is 8.15. The molecule has 1 heterocycles. The predicted molar refractivity (Wildman–Crippen MR) is 69.6 cm³/mol. The average Bonchev–Trinajstić information content (AvgIpc) is 2.36. The van der Waals surface area contributed by atoms with E-state index < -0.39 is 0 Å². The predicted octanol–water partition coefficient (Wildman–Crippen LogP) is 3.10. The molecule has 3 nitrogen and oxygen atoms in total. The summed E-state index contributed by atoms with van der Waals surface area (Å²) in [6.45, 7) is 3.83. The molecule has 0 saturated heterocycles. The third kappa shape index (κ3) is 2.36. The van der Waals surface area contributed by atoms with E-state index in [1.807, 2.05) is 26.0 Å². The smallest absolute Gasteiger partial charge is 0.237 e. The number of benzene rings is 1. The van der Waals surface area contributed by atoms with Crippen molar-refractivity contribution in [3.8, 4) is 0 Å². The summed E-state index contributed by atoms with van der Waals surface area (Å²) in [6.07, 6.45) is 1.29. The number of thioether (sulfide) groups is 1. The van der Waals surface area contributed by atoms with E-state index in [-0.39, 0.29) is 16.9 Å². The zero-order chi connectivity index (χ0) is 12.4. The Hall–Kier alpha value is -1.29. The largest absolute Gasteiger partial charge is 0.324 e. The molecule has 4 heteroatoms. The van der Waals surface area contributed by atoms with E-state index in [1.165, 1.54) is 0 Å². The lowest BCUT2D eigenvalue weighted by Gasteiger charge is -2.23. The summed E-state index contributed by atoms with van der Waals surface area (Å²) in [4.78, 5) is 24.3. The molecule has 1 unspecified atom stereocenters. The van der Waals surface area contributed by atoms with E-state index in [4.69, 9.17) is 0 Å². The summed E-state index contributed by atoms with van der Waals surface area (Å²) in [6, 6.07) is 5.53. The van der Waals surface area contributed by atoms with E-state index in [0.29, 0.717) is 12.0 Å². The molecule has 1 aliphatic heterocycles. The van der Waals surface area contributed by atoms with Crippen LogP contribution in [0.15, 0.2) is 23.1 Å². The summed E-state index contributed by atoms with van der Waals surface area (Å²) in [5.74, 6) is 0.135. The molecular formula is C13H15NO2S. The van der Waals surface area contributed by atoms with Gasteiger partial charge in [0, 0.05) is 16.9 Å². The zero-order valence-corrected chi connectivity index (χ0v) is 10.8. The molecule has 1 aromatic carbocycles. The van der Waals surface area contributed by atoms with Crippen LogP contribution in [0.5, 0.6) is 0 Å². The number of rotatable bonds is 3. The highest BCUT2D eigenvalue weighted by Gasteiger charge is 2.25. The van der Waals surface area contributed by atoms with Crippen LogP contribution in [0.4, 0.5) is 5.69 Å². The zero-order valence-electron chi connectivity index (χ0n) is 9.95. The fourth-order valence-electron chi connectivity index (χ4n) is 1.80. The molecule has 0 radical (unpaired) electrons. The fraction of sp³-hybridized carbons (Fsp3) is 0.385. The van der Waals surface area contributed by atoms with Crippen molar-refractivity contribution in [3.05, 3.63) is 23.8 Å². The molecule has 0 aliphatic carbocycles. The molecule has 1 atom stereocenters. The van der Waals surface area contributed by atoms with Gasteiger partial charge < -0.3 is 5.32 Å². The van der Waals surface area contributed by atoms with Crippen LogP contribution in [0.1, 0.15) is 37.0 Å². The molecule has 0 aromatic heterocycles. The van der Waals surface area contributed by atoms with Crippen LogP contribution in [-0.2, 0) is 4.79 Å². The van der Waals surface area contributed by atoms with Crippen LogP contribution in [0, 0.1) is 0 Å². The van der Waals surface area contributed by atoms with E-state index >= 15 is 0 Å². The Labute approximate surface area is 105 Å². The van der Waals surface area contributed by atoms with Crippen LogP contribution in [0.2, 0.25) is 0 Å². The summed E-state index contributed by atoms with van der Waals surface area (Å²) in [5, 5.41) is 2.85. The Kier molecular flexibility index (Phi) is 3.52. The highest BCUT2D eigenvalue weighted by atomic mass is 32.2. The summed E-state index contributed by atoms with van der Waals surface area (Å²) in [7, 11) is 0. The lowest BCUT2D eigenvalue weighted by Crippen LogP contribution is -2.28. The van der Waals surface area contributed by atoms with E-state index in [2.05, 4.69) is 5.32 Å². The summed E-state index contributed by atoms with van der Waals surface area (Å²) < 4.78 is 0. The molecule has 90 valence electrons. The Bertz CT molecular complexity index is 470. The number of ketones is 1. The van der Waals surface area contributed by atoms with E-state index in [9.17, 15) is 9.59 Å². The van der Waals surface area contributed by atoms with Gasteiger partial charge in [0.25, 0.3) is 0 Å². The third-order valence-electron chi connectivity index (χ3n) is 2.81. The molecule has 1 amide bonds. The summed E-state index contributed by atoms with van der Waals surface area (Å²) >= 11 is 1.57. The summed E-state index contributed by atoms with van der Waals surface area (Å²) in [5.41, 5.74) is 1.44. The van der Waals surface area contributed by atoms with Gasteiger partial charge in [-0.2, -0.15) is 0 Å². The van der Waals surface area contributed by atoms with Gasteiger partial charge in [-0.3, -0.25) is 9.59 Å². The van der Waals surface area contributed by atoms with Crippen molar-refractivity contribution in [1.29, 1.82) is 0 Å². The lowest BCUT2D eigenvalue weighted by atomic mass is 10.1. The molecule has 0 bridgehead atoms. The molecule has 17 heavy (non-hydrogen) atoms. The maximum absolute atomic E-state index is 11.7. The lowest BCUT2D eigenvalue weighted by molar-refractivity contribution is -0.115. The number of carbonyl (C=O) groups excluding carboxylic acids is 2. The average molecular weight is 249 g/mol. The Morgan fingerprint density at radius 3 is 2.82 bits per heavy atom. The van der Waals surface area contributed by atoms with Crippen LogP contribution in [0.3, 0.4) is 0 Å². The minimum atomic E-state index is -0.0183. The Morgan fingerprint density at radius 1 is 1.41 bits per heavy atom. The van der Waals surface area contributed by atoms with Gasteiger partial charge >= 0.3 is 0 Å². The van der Waals surface area contributed by atoms with Gasteiger partial charge in [0.2, 0.25) is 5.91 Å². The van der Waals surface area contributed by atoms with Crippen LogP contribution < -0.4 is 5.32 Å². The number of hydrogen-bond donors (Lipinski definition) is 1. The number of anilines is 1. The molecule has 0 fully saturated rings. The van der Waals surface area contributed by atoms with Gasteiger partial charge in [0.05, 0.1) is 10.9 Å². The van der Waals surface area contributed by atoms with Crippen molar-refractivity contribution < 1.29 is 9.59 Å².